The van der Waals surface area contributed by atoms with Crippen LogP contribution in [0.2, 0.25) is 0 Å². The summed E-state index contributed by atoms with van der Waals surface area (Å²) in [7, 11) is 0. The summed E-state index contributed by atoms with van der Waals surface area (Å²) in [5.74, 6) is 1.86. The van der Waals surface area contributed by atoms with Crippen molar-refractivity contribution in [2.45, 2.75) is 38.8 Å². The molecule has 3 saturated heterocycles. The smallest absolute Gasteiger partial charge is 0.399 e. The molecule has 3 aliphatic heterocycles. The highest BCUT2D eigenvalue weighted by Crippen LogP contribution is 2.32. The van der Waals surface area contributed by atoms with Crippen molar-refractivity contribution in [1.82, 2.24) is 15.2 Å². The molecule has 4 heterocycles. The van der Waals surface area contributed by atoms with Gasteiger partial charge >= 0.3 is 6.08 Å². The first-order chi connectivity index (χ1) is 12.1. The molecule has 3 aliphatic rings. The van der Waals surface area contributed by atoms with E-state index >= 15 is 0 Å². The lowest BCUT2D eigenvalue weighted by atomic mass is 9.79. The number of hydrogen-bond donors (Lipinski definition) is 1. The van der Waals surface area contributed by atoms with Crippen LogP contribution in [0.15, 0.2) is 34.9 Å². The zero-order chi connectivity index (χ0) is 17.4. The van der Waals surface area contributed by atoms with Crippen molar-refractivity contribution < 1.29 is 13.9 Å². The van der Waals surface area contributed by atoms with E-state index in [4.69, 9.17) is 9.15 Å². The second-order valence-corrected chi connectivity index (χ2v) is 6.98. The number of ether oxygens (including phenoxy) is 1. The van der Waals surface area contributed by atoms with Crippen molar-refractivity contribution in [3.63, 3.8) is 0 Å². The van der Waals surface area contributed by atoms with Gasteiger partial charge in [0.1, 0.15) is 11.5 Å². The molecule has 132 valence electrons. The number of carbonyl (C=O) groups excluding carboxylic acids is 1. The number of fused-ring (bicyclic) bond motifs is 3. The third-order valence-electron chi connectivity index (χ3n) is 5.40. The summed E-state index contributed by atoms with van der Waals surface area (Å²) in [5, 5.41) is 3.24. The molecule has 2 bridgehead atoms. The Morgan fingerprint density at radius 3 is 2.60 bits per heavy atom. The zero-order valence-electron chi connectivity index (χ0n) is 14.6. The fourth-order valence-corrected chi connectivity index (χ4v) is 3.94. The Morgan fingerprint density at radius 2 is 2.00 bits per heavy atom. The molecule has 0 saturated carbocycles. The van der Waals surface area contributed by atoms with Gasteiger partial charge in [0.2, 0.25) is 0 Å². The molecule has 1 N–H and O–H groups in total. The number of oxazole rings is 1. The van der Waals surface area contributed by atoms with Crippen molar-refractivity contribution in [2.75, 3.05) is 13.1 Å². The average molecular weight is 341 g/mol. The van der Waals surface area contributed by atoms with Crippen LogP contribution in [-0.4, -0.2) is 41.0 Å². The quantitative estimate of drug-likeness (QED) is 0.926. The van der Waals surface area contributed by atoms with Gasteiger partial charge < -0.3 is 14.5 Å². The highest BCUT2D eigenvalue weighted by molar-refractivity contribution is 5.94. The number of hydrogen-bond acceptors (Lipinski definition) is 5. The number of benzene rings is 1. The predicted molar refractivity (Wildman–Crippen MR) is 92.8 cm³/mol. The van der Waals surface area contributed by atoms with E-state index in [1.807, 2.05) is 6.92 Å². The minimum absolute atomic E-state index is 0.0240. The van der Waals surface area contributed by atoms with Gasteiger partial charge in [0.15, 0.2) is 0 Å². The minimum Gasteiger partial charge on any atom is -0.414 e. The van der Waals surface area contributed by atoms with Crippen LogP contribution in [0, 0.1) is 12.8 Å². The fraction of sp³-hybridized carbons (Fsp3) is 0.474. The predicted octanol–water partition coefficient (Wildman–Crippen LogP) is 2.99. The molecular weight excluding hydrogens is 318 g/mol. The first-order valence-corrected chi connectivity index (χ1v) is 8.85. The third kappa shape index (κ3) is 3.26. The minimum atomic E-state index is -0.0240. The van der Waals surface area contributed by atoms with Crippen LogP contribution in [0.5, 0.6) is 11.8 Å². The summed E-state index contributed by atoms with van der Waals surface area (Å²) in [6.07, 6.45) is 4.16. The Labute approximate surface area is 147 Å². The van der Waals surface area contributed by atoms with Crippen LogP contribution >= 0.6 is 0 Å². The first kappa shape index (κ1) is 16.1. The van der Waals surface area contributed by atoms with Crippen molar-refractivity contribution >= 4 is 5.91 Å². The van der Waals surface area contributed by atoms with Gasteiger partial charge in [-0.2, -0.15) is 4.98 Å². The first-order valence-electron chi connectivity index (χ1n) is 8.85. The number of aryl methyl sites for hydroxylation is 1. The summed E-state index contributed by atoms with van der Waals surface area (Å²) in [6.45, 7) is 6.34. The van der Waals surface area contributed by atoms with Crippen molar-refractivity contribution in [3.8, 4) is 11.8 Å². The number of rotatable bonds is 4. The second kappa shape index (κ2) is 6.52. The van der Waals surface area contributed by atoms with E-state index in [1.54, 1.807) is 30.5 Å². The van der Waals surface area contributed by atoms with Crippen LogP contribution in [0.4, 0.5) is 0 Å². The van der Waals surface area contributed by atoms with E-state index in [0.717, 1.165) is 13.1 Å². The van der Waals surface area contributed by atoms with Crippen LogP contribution < -0.4 is 10.1 Å². The Morgan fingerprint density at radius 1 is 1.28 bits per heavy atom. The van der Waals surface area contributed by atoms with E-state index in [9.17, 15) is 4.79 Å². The topological polar surface area (TPSA) is 67.6 Å². The SMILES string of the molecule is Cc1cnc(Oc2ccc(C(=O)NC3C4CCN(CC4)C3C)cc2)o1. The molecular formula is C19H23N3O3. The van der Waals surface area contributed by atoms with Gasteiger partial charge in [0, 0.05) is 17.6 Å². The van der Waals surface area contributed by atoms with Gasteiger partial charge in [-0.1, -0.05) is 0 Å². The molecule has 25 heavy (non-hydrogen) atoms. The fourth-order valence-electron chi connectivity index (χ4n) is 3.94. The summed E-state index contributed by atoms with van der Waals surface area (Å²) in [5.41, 5.74) is 0.639. The number of nitrogens with one attached hydrogen (secondary N) is 1. The van der Waals surface area contributed by atoms with Crippen molar-refractivity contribution in [3.05, 3.63) is 41.8 Å². The van der Waals surface area contributed by atoms with Crippen LogP contribution in [0.25, 0.3) is 0 Å². The molecule has 2 unspecified atom stereocenters. The Kier molecular flexibility index (Phi) is 4.21. The molecule has 0 spiro atoms. The van der Waals surface area contributed by atoms with Gasteiger partial charge in [-0.3, -0.25) is 9.69 Å². The molecule has 0 aliphatic carbocycles. The summed E-state index contributed by atoms with van der Waals surface area (Å²) in [6, 6.07) is 7.70. The highest BCUT2D eigenvalue weighted by Gasteiger charge is 2.40. The van der Waals surface area contributed by atoms with Crippen molar-refractivity contribution in [2.24, 2.45) is 5.92 Å². The lowest BCUT2D eigenvalue weighted by Gasteiger charge is -2.49. The van der Waals surface area contributed by atoms with Gasteiger partial charge in [0.25, 0.3) is 5.91 Å². The molecule has 6 heteroatoms. The molecule has 1 aromatic carbocycles. The monoisotopic (exact) mass is 341 g/mol. The average Bonchev–Trinajstić information content (AvgIpc) is 3.04. The highest BCUT2D eigenvalue weighted by atomic mass is 16.6. The van der Waals surface area contributed by atoms with Gasteiger partial charge in [0.05, 0.1) is 6.20 Å². The van der Waals surface area contributed by atoms with E-state index < -0.39 is 0 Å². The maximum Gasteiger partial charge on any atom is 0.399 e. The summed E-state index contributed by atoms with van der Waals surface area (Å²) >= 11 is 0. The van der Waals surface area contributed by atoms with E-state index in [2.05, 4.69) is 22.1 Å². The summed E-state index contributed by atoms with van der Waals surface area (Å²) < 4.78 is 10.8. The molecule has 2 aromatic rings. The van der Waals surface area contributed by atoms with E-state index in [-0.39, 0.29) is 18.0 Å². The normalized spacial score (nSPS) is 27.9. The van der Waals surface area contributed by atoms with E-state index in [0.29, 0.717) is 29.0 Å². The van der Waals surface area contributed by atoms with Gasteiger partial charge in [-0.25, -0.2) is 0 Å². The molecule has 3 fully saturated rings. The number of carbonyl (C=O) groups is 1. The maximum absolute atomic E-state index is 12.6. The van der Waals surface area contributed by atoms with E-state index in [1.165, 1.54) is 12.8 Å². The number of piperidine rings is 3. The third-order valence-corrected chi connectivity index (χ3v) is 5.40. The maximum atomic E-state index is 12.6. The van der Waals surface area contributed by atoms with Gasteiger partial charge in [-0.15, -0.1) is 0 Å². The standard InChI is InChI=1S/C19H23N3O3/c1-12-11-20-19(24-12)25-16-5-3-15(4-6-16)18(23)21-17-13(2)22-9-7-14(17)8-10-22/h3-6,11,13-14,17H,7-10H2,1-2H3,(H,21,23). The molecule has 5 rings (SSSR count). The van der Waals surface area contributed by atoms with Crippen LogP contribution in [0.3, 0.4) is 0 Å². The van der Waals surface area contributed by atoms with Crippen molar-refractivity contribution in [1.29, 1.82) is 0 Å². The lowest BCUT2D eigenvalue weighted by molar-refractivity contribution is 0.0217. The molecule has 1 amide bonds. The Bertz CT molecular complexity index is 746. The molecule has 6 nitrogen and oxygen atoms in total. The lowest BCUT2D eigenvalue weighted by Crippen LogP contribution is -2.62. The zero-order valence-corrected chi connectivity index (χ0v) is 14.6. The van der Waals surface area contributed by atoms with Gasteiger partial charge in [-0.05, 0) is 70.0 Å². The molecule has 2 atom stereocenters. The number of amides is 1. The largest absolute Gasteiger partial charge is 0.414 e. The number of nitrogens with zero attached hydrogens (tertiary/aromatic N) is 2. The molecule has 1 aromatic heterocycles. The Hall–Kier alpha value is -2.34. The van der Waals surface area contributed by atoms with Crippen LogP contribution in [0.1, 0.15) is 35.9 Å². The second-order valence-electron chi connectivity index (χ2n) is 6.98. The van der Waals surface area contributed by atoms with Crippen LogP contribution in [-0.2, 0) is 0 Å². The molecule has 0 radical (unpaired) electrons. The summed E-state index contributed by atoms with van der Waals surface area (Å²) in [4.78, 5) is 19.1. The Balaban J connectivity index is 1.40. The number of aromatic nitrogens is 1.